The fourth-order valence-electron chi connectivity index (χ4n) is 6.24. The topological polar surface area (TPSA) is 200 Å². The number of aromatic hydroxyl groups is 1. The van der Waals surface area contributed by atoms with Gasteiger partial charge in [0.2, 0.25) is 0 Å². The molecule has 58 heavy (non-hydrogen) atoms. The third kappa shape index (κ3) is 8.78. The van der Waals surface area contributed by atoms with Crippen molar-refractivity contribution in [3.8, 4) is 11.5 Å². The Balaban J connectivity index is 0.998. The number of fused-ring (bicyclic) bond motifs is 2. The summed E-state index contributed by atoms with van der Waals surface area (Å²) in [6.07, 6.45) is 0.918. The summed E-state index contributed by atoms with van der Waals surface area (Å²) in [6.45, 7) is 6.47. The maximum absolute atomic E-state index is 13.0. The predicted molar refractivity (Wildman–Crippen MR) is 228 cm³/mol. The lowest BCUT2D eigenvalue weighted by Gasteiger charge is -2.11. The van der Waals surface area contributed by atoms with Crippen LogP contribution in [0.1, 0.15) is 34.8 Å². The summed E-state index contributed by atoms with van der Waals surface area (Å²) < 4.78 is 38.6. The lowest BCUT2D eigenvalue weighted by Crippen LogP contribution is -2.11. The second kappa shape index (κ2) is 16.5. The minimum atomic E-state index is -4.50. The highest BCUT2D eigenvalue weighted by Gasteiger charge is 2.15. The van der Waals surface area contributed by atoms with Crippen LogP contribution >= 0.6 is 0 Å². The van der Waals surface area contributed by atoms with E-state index in [4.69, 9.17) is 10.5 Å². The fourth-order valence-corrected chi connectivity index (χ4v) is 6.88. The summed E-state index contributed by atoms with van der Waals surface area (Å²) in [4.78, 5) is 12.6. The van der Waals surface area contributed by atoms with Crippen LogP contribution in [0.3, 0.4) is 0 Å². The molecule has 0 heterocycles. The van der Waals surface area contributed by atoms with Gasteiger partial charge in [-0.3, -0.25) is 9.35 Å². The van der Waals surface area contributed by atoms with E-state index in [1.165, 1.54) is 12.1 Å². The molecule has 0 aliphatic carbocycles. The number of rotatable bonds is 12. The van der Waals surface area contributed by atoms with Crippen molar-refractivity contribution in [1.29, 1.82) is 0 Å². The number of hydrogen-bond donors (Lipinski definition) is 5. The van der Waals surface area contributed by atoms with Crippen LogP contribution in [0.2, 0.25) is 0 Å². The minimum Gasteiger partial charge on any atom is -0.505 e. The Morgan fingerprint density at radius 3 is 2.05 bits per heavy atom. The standard InChI is InChI=1S/C44H39N7O6S/c1-4-20-57-41-7-5-6-29-23-33(13-16-35(29)41)47-44(53)28-8-11-31(12-9-28)48-50-39-21-27(3)40(22-26(39)2)51-49-38-19-10-30-24-32(14-17-36(30)43(38)52)46-34-15-18-37(45)42(25-34)58(54,55)56/h5-19,21-25,46,52H,4,20,45H2,1-3H3,(H,47,53)(H,54,55,56). The number of hydrogen-bond acceptors (Lipinski definition) is 11. The highest BCUT2D eigenvalue weighted by atomic mass is 32.2. The van der Waals surface area contributed by atoms with E-state index in [2.05, 4.69) is 38.0 Å². The molecule has 0 radical (unpaired) electrons. The monoisotopic (exact) mass is 793 g/mol. The Hall–Kier alpha value is -7.16. The van der Waals surface area contributed by atoms with E-state index in [-0.39, 0.29) is 23.0 Å². The molecule has 6 N–H and O–H groups in total. The van der Waals surface area contributed by atoms with Gasteiger partial charge in [-0.05, 0) is 145 Å². The minimum absolute atomic E-state index is 0.0577. The quantitative estimate of drug-likeness (QED) is 0.0457. The molecule has 1 amide bonds. The van der Waals surface area contributed by atoms with Gasteiger partial charge < -0.3 is 26.2 Å². The van der Waals surface area contributed by atoms with Gasteiger partial charge in [-0.15, -0.1) is 5.11 Å². The van der Waals surface area contributed by atoms with E-state index >= 15 is 0 Å². The summed E-state index contributed by atoms with van der Waals surface area (Å²) in [5.74, 6) is 0.520. The molecule has 0 saturated carbocycles. The number of azo groups is 2. The van der Waals surface area contributed by atoms with Gasteiger partial charge in [0.25, 0.3) is 16.0 Å². The molecule has 7 aromatic rings. The number of nitrogen functional groups attached to an aromatic ring is 1. The first kappa shape index (κ1) is 39.1. The van der Waals surface area contributed by atoms with E-state index in [1.54, 1.807) is 60.7 Å². The van der Waals surface area contributed by atoms with Gasteiger partial charge in [0.1, 0.15) is 16.3 Å². The number of amides is 1. The number of nitrogens with zero attached hydrogens (tertiary/aromatic N) is 4. The third-order valence-corrected chi connectivity index (χ3v) is 10.2. The number of carbonyl (C=O) groups excluding carboxylic acids is 1. The van der Waals surface area contributed by atoms with Crippen LogP contribution in [0.4, 0.5) is 45.5 Å². The number of phenols is 1. The summed E-state index contributed by atoms with van der Waals surface area (Å²) in [5, 5.41) is 37.9. The molecule has 0 atom stereocenters. The Kier molecular flexibility index (Phi) is 11.1. The predicted octanol–water partition coefficient (Wildman–Crippen LogP) is 11.8. The molecule has 13 nitrogen and oxygen atoms in total. The van der Waals surface area contributed by atoms with Crippen LogP contribution in [0.5, 0.6) is 11.5 Å². The molecule has 0 spiro atoms. The Morgan fingerprint density at radius 1 is 0.707 bits per heavy atom. The highest BCUT2D eigenvalue weighted by Crippen LogP contribution is 2.38. The molecular weight excluding hydrogens is 755 g/mol. The molecule has 7 aromatic carbocycles. The lowest BCUT2D eigenvalue weighted by molar-refractivity contribution is 0.102. The maximum Gasteiger partial charge on any atom is 0.296 e. The largest absolute Gasteiger partial charge is 0.505 e. The molecule has 0 fully saturated rings. The first-order chi connectivity index (χ1) is 27.9. The van der Waals surface area contributed by atoms with Gasteiger partial charge in [0.15, 0.2) is 5.75 Å². The zero-order valence-electron chi connectivity index (χ0n) is 31.8. The Bertz CT molecular complexity index is 2880. The summed E-state index contributed by atoms with van der Waals surface area (Å²) >= 11 is 0. The van der Waals surface area contributed by atoms with E-state index in [0.717, 1.165) is 34.1 Å². The van der Waals surface area contributed by atoms with Crippen molar-refractivity contribution in [3.63, 3.8) is 0 Å². The van der Waals surface area contributed by atoms with Crippen molar-refractivity contribution in [2.75, 3.05) is 23.0 Å². The second-order valence-electron chi connectivity index (χ2n) is 13.6. The highest BCUT2D eigenvalue weighted by molar-refractivity contribution is 7.86. The molecule has 0 saturated heterocycles. The number of ether oxygens (including phenoxy) is 1. The lowest BCUT2D eigenvalue weighted by atomic mass is 10.1. The van der Waals surface area contributed by atoms with E-state index in [1.807, 2.05) is 62.4 Å². The average molecular weight is 794 g/mol. The smallest absolute Gasteiger partial charge is 0.296 e. The van der Waals surface area contributed by atoms with Crippen molar-refractivity contribution in [2.24, 2.45) is 20.5 Å². The number of aryl methyl sites for hydroxylation is 2. The van der Waals surface area contributed by atoms with Crippen LogP contribution in [-0.4, -0.2) is 30.6 Å². The molecule has 7 rings (SSSR count). The molecule has 0 aromatic heterocycles. The first-order valence-corrected chi connectivity index (χ1v) is 19.7. The zero-order valence-corrected chi connectivity index (χ0v) is 32.6. The molecular formula is C44H39N7O6S. The molecule has 0 unspecified atom stereocenters. The van der Waals surface area contributed by atoms with Gasteiger partial charge in [-0.2, -0.15) is 23.8 Å². The number of anilines is 4. The number of nitrogens with two attached hydrogens (primary N) is 1. The summed E-state index contributed by atoms with van der Waals surface area (Å²) in [7, 11) is -4.50. The van der Waals surface area contributed by atoms with E-state index in [9.17, 15) is 22.9 Å². The van der Waals surface area contributed by atoms with Crippen LogP contribution in [0, 0.1) is 13.8 Å². The van der Waals surface area contributed by atoms with Crippen molar-refractivity contribution in [1.82, 2.24) is 0 Å². The van der Waals surface area contributed by atoms with Crippen LogP contribution in [-0.2, 0) is 10.1 Å². The summed E-state index contributed by atoms with van der Waals surface area (Å²) in [5.41, 5.74) is 11.5. The first-order valence-electron chi connectivity index (χ1n) is 18.3. The third-order valence-electron chi connectivity index (χ3n) is 9.29. The van der Waals surface area contributed by atoms with Crippen molar-refractivity contribution in [2.45, 2.75) is 32.1 Å². The molecule has 292 valence electrons. The zero-order chi connectivity index (χ0) is 41.0. The number of nitrogens with one attached hydrogen (secondary N) is 2. The number of phenolic OH excluding ortho intramolecular Hbond substituents is 1. The van der Waals surface area contributed by atoms with Crippen LogP contribution in [0.15, 0.2) is 147 Å². The fraction of sp³-hybridized carbons (Fsp3) is 0.114. The van der Waals surface area contributed by atoms with Crippen molar-refractivity contribution >= 4 is 83.1 Å². The average Bonchev–Trinajstić information content (AvgIpc) is 3.20. The second-order valence-corrected chi connectivity index (χ2v) is 15.0. The van der Waals surface area contributed by atoms with E-state index < -0.39 is 15.0 Å². The van der Waals surface area contributed by atoms with Gasteiger partial charge in [0.05, 0.1) is 29.4 Å². The Morgan fingerprint density at radius 2 is 1.33 bits per heavy atom. The van der Waals surface area contributed by atoms with Crippen LogP contribution < -0.4 is 21.1 Å². The SMILES string of the molecule is CCCOc1cccc2cc(NC(=O)c3ccc(N=Nc4cc(C)c(N=Nc5ccc6cc(Nc7ccc(N)c(S(=O)(=O)O)c7)ccc6c5O)cc4C)cc3)ccc12. The molecule has 0 aliphatic rings. The van der Waals surface area contributed by atoms with Crippen LogP contribution in [0.25, 0.3) is 21.5 Å². The Labute approximate surface area is 334 Å². The molecule has 0 aliphatic heterocycles. The molecule has 0 bridgehead atoms. The maximum atomic E-state index is 13.0. The van der Waals surface area contributed by atoms with Gasteiger partial charge in [0, 0.05) is 33.4 Å². The van der Waals surface area contributed by atoms with Crippen molar-refractivity contribution in [3.05, 3.63) is 138 Å². The van der Waals surface area contributed by atoms with Gasteiger partial charge >= 0.3 is 0 Å². The summed E-state index contributed by atoms with van der Waals surface area (Å²) in [6, 6.07) is 35.0. The number of benzene rings is 7. The van der Waals surface area contributed by atoms with Crippen molar-refractivity contribution < 1.29 is 27.6 Å². The van der Waals surface area contributed by atoms with Gasteiger partial charge in [-0.1, -0.05) is 25.1 Å². The van der Waals surface area contributed by atoms with E-state index in [0.29, 0.717) is 57.1 Å². The normalized spacial score (nSPS) is 11.8. The number of carbonyl (C=O) groups is 1. The molecule has 14 heteroatoms. The van der Waals surface area contributed by atoms with Gasteiger partial charge in [-0.25, -0.2) is 0 Å².